The number of rotatable bonds is 6. The van der Waals surface area contributed by atoms with Crippen LogP contribution < -0.4 is 5.32 Å². The molecule has 7 heteroatoms. The fraction of sp³-hybridized carbons (Fsp3) is 0.100. The number of halogens is 1. The van der Waals surface area contributed by atoms with Crippen molar-refractivity contribution in [3.05, 3.63) is 78.8 Å². The van der Waals surface area contributed by atoms with Gasteiger partial charge in [0.15, 0.2) is 5.76 Å². The Kier molecular flexibility index (Phi) is 4.82. The van der Waals surface area contributed by atoms with Crippen LogP contribution in [0, 0.1) is 5.82 Å². The van der Waals surface area contributed by atoms with Crippen molar-refractivity contribution in [2.75, 3.05) is 11.9 Å². The van der Waals surface area contributed by atoms with Gasteiger partial charge < -0.3 is 9.73 Å². The minimum Gasteiger partial charge on any atom is -0.463 e. The van der Waals surface area contributed by atoms with E-state index in [0.29, 0.717) is 36.1 Å². The van der Waals surface area contributed by atoms with E-state index in [9.17, 15) is 4.39 Å². The van der Waals surface area contributed by atoms with Gasteiger partial charge in [-0.25, -0.2) is 14.4 Å². The van der Waals surface area contributed by atoms with Crippen molar-refractivity contribution in [2.24, 2.45) is 0 Å². The fourth-order valence-corrected chi connectivity index (χ4v) is 2.70. The Morgan fingerprint density at radius 2 is 2.00 bits per heavy atom. The molecule has 0 saturated carbocycles. The summed E-state index contributed by atoms with van der Waals surface area (Å²) < 4.78 is 18.8. The first-order valence-electron chi connectivity index (χ1n) is 8.45. The largest absolute Gasteiger partial charge is 0.463 e. The quantitative estimate of drug-likeness (QED) is 0.560. The van der Waals surface area contributed by atoms with Crippen molar-refractivity contribution in [1.82, 2.24) is 19.9 Å². The number of benzene rings is 1. The van der Waals surface area contributed by atoms with Gasteiger partial charge >= 0.3 is 0 Å². The van der Waals surface area contributed by atoms with E-state index in [1.54, 1.807) is 43.2 Å². The van der Waals surface area contributed by atoms with E-state index in [-0.39, 0.29) is 5.82 Å². The molecule has 1 aromatic carbocycles. The van der Waals surface area contributed by atoms with Crippen LogP contribution in [0.2, 0.25) is 0 Å². The zero-order valence-electron chi connectivity index (χ0n) is 14.3. The number of nitrogens with zero attached hydrogens (tertiary/aromatic N) is 4. The highest BCUT2D eigenvalue weighted by atomic mass is 19.1. The summed E-state index contributed by atoms with van der Waals surface area (Å²) in [5.74, 6) is 0.842. The highest BCUT2D eigenvalue weighted by Gasteiger charge is 2.14. The topological polar surface area (TPSA) is 76.7 Å². The lowest BCUT2D eigenvalue weighted by Crippen LogP contribution is -2.09. The van der Waals surface area contributed by atoms with Crippen LogP contribution in [0.15, 0.2) is 71.9 Å². The van der Waals surface area contributed by atoms with E-state index in [4.69, 9.17) is 4.42 Å². The zero-order chi connectivity index (χ0) is 18.5. The van der Waals surface area contributed by atoms with E-state index >= 15 is 0 Å². The van der Waals surface area contributed by atoms with Gasteiger partial charge in [-0.3, -0.25) is 9.97 Å². The van der Waals surface area contributed by atoms with Gasteiger partial charge in [0.25, 0.3) is 0 Å². The van der Waals surface area contributed by atoms with E-state index < -0.39 is 0 Å². The van der Waals surface area contributed by atoms with Gasteiger partial charge in [-0.2, -0.15) is 0 Å². The molecular weight excluding hydrogens is 345 g/mol. The third-order valence-corrected chi connectivity index (χ3v) is 3.97. The first kappa shape index (κ1) is 16.8. The zero-order valence-corrected chi connectivity index (χ0v) is 14.3. The maximum atomic E-state index is 13.3. The predicted molar refractivity (Wildman–Crippen MR) is 99.4 cm³/mol. The van der Waals surface area contributed by atoms with Crippen LogP contribution >= 0.6 is 0 Å². The molecule has 0 radical (unpaired) electrons. The van der Waals surface area contributed by atoms with Crippen LogP contribution in [0.25, 0.3) is 22.7 Å². The maximum Gasteiger partial charge on any atom is 0.223 e. The normalized spacial score (nSPS) is 10.7. The Morgan fingerprint density at radius 1 is 1.04 bits per heavy atom. The van der Waals surface area contributed by atoms with E-state index in [1.165, 1.54) is 12.1 Å². The van der Waals surface area contributed by atoms with E-state index in [0.717, 1.165) is 11.1 Å². The van der Waals surface area contributed by atoms with Gasteiger partial charge in [0, 0.05) is 30.7 Å². The summed E-state index contributed by atoms with van der Waals surface area (Å²) in [7, 11) is 0. The summed E-state index contributed by atoms with van der Waals surface area (Å²) in [4.78, 5) is 17.4. The van der Waals surface area contributed by atoms with Gasteiger partial charge in [0.05, 0.1) is 18.2 Å². The van der Waals surface area contributed by atoms with Gasteiger partial charge in [0.2, 0.25) is 5.95 Å². The molecule has 1 N–H and O–H groups in total. The van der Waals surface area contributed by atoms with Gasteiger partial charge in [-0.1, -0.05) is 12.1 Å². The maximum absolute atomic E-state index is 13.3. The number of furan rings is 1. The van der Waals surface area contributed by atoms with Crippen molar-refractivity contribution in [1.29, 1.82) is 0 Å². The molecular formula is C20H16FN5O. The summed E-state index contributed by atoms with van der Waals surface area (Å²) in [5.41, 5.74) is 2.93. The molecule has 0 saturated heterocycles. The Balaban J connectivity index is 1.57. The highest BCUT2D eigenvalue weighted by Crippen LogP contribution is 2.29. The fourth-order valence-electron chi connectivity index (χ4n) is 2.70. The molecule has 0 spiro atoms. The summed E-state index contributed by atoms with van der Waals surface area (Å²) >= 11 is 0. The average Bonchev–Trinajstić information content (AvgIpc) is 3.23. The Bertz CT molecular complexity index is 1020. The molecule has 3 heterocycles. The summed E-state index contributed by atoms with van der Waals surface area (Å²) in [6.07, 6.45) is 8.82. The molecule has 0 aliphatic carbocycles. The molecule has 4 rings (SSSR count). The van der Waals surface area contributed by atoms with Crippen molar-refractivity contribution < 1.29 is 8.81 Å². The second kappa shape index (κ2) is 7.74. The number of hydrogen-bond acceptors (Lipinski definition) is 6. The van der Waals surface area contributed by atoms with Crippen molar-refractivity contribution in [3.63, 3.8) is 0 Å². The van der Waals surface area contributed by atoms with Crippen molar-refractivity contribution >= 4 is 5.95 Å². The molecule has 0 unspecified atom stereocenters. The van der Waals surface area contributed by atoms with Crippen molar-refractivity contribution in [3.8, 4) is 22.7 Å². The van der Waals surface area contributed by atoms with E-state index in [2.05, 4.69) is 25.3 Å². The second-order valence-electron chi connectivity index (χ2n) is 5.83. The molecule has 0 bridgehead atoms. The standard InChI is InChI=1S/C20H16FN5O/c21-15-4-1-3-14(11-15)6-7-24-20-25-12-16(17-13-22-8-9-23-17)19(26-20)18-5-2-10-27-18/h1-5,8-13H,6-7H2,(H,24,25,26). The first-order valence-corrected chi connectivity index (χ1v) is 8.45. The molecule has 27 heavy (non-hydrogen) atoms. The van der Waals surface area contributed by atoms with Crippen LogP contribution in [-0.2, 0) is 6.42 Å². The predicted octanol–water partition coefficient (Wildman–Crippen LogP) is 3.99. The highest BCUT2D eigenvalue weighted by molar-refractivity contribution is 5.76. The Labute approximate surface area is 155 Å². The summed E-state index contributed by atoms with van der Waals surface area (Å²) in [6, 6.07) is 10.2. The lowest BCUT2D eigenvalue weighted by molar-refractivity contribution is 0.580. The minimum absolute atomic E-state index is 0.239. The molecule has 0 aliphatic heterocycles. The van der Waals surface area contributed by atoms with Crippen LogP contribution in [0.1, 0.15) is 5.56 Å². The monoisotopic (exact) mass is 361 g/mol. The Morgan fingerprint density at radius 3 is 2.78 bits per heavy atom. The SMILES string of the molecule is Fc1cccc(CCNc2ncc(-c3cnccn3)c(-c3ccco3)n2)c1. The number of nitrogens with one attached hydrogen (secondary N) is 1. The van der Waals surface area contributed by atoms with Gasteiger partial charge in [-0.15, -0.1) is 0 Å². The van der Waals surface area contributed by atoms with Gasteiger partial charge in [0.1, 0.15) is 11.5 Å². The van der Waals surface area contributed by atoms with Crippen LogP contribution in [-0.4, -0.2) is 26.5 Å². The van der Waals surface area contributed by atoms with Crippen molar-refractivity contribution in [2.45, 2.75) is 6.42 Å². The Hall–Kier alpha value is -3.61. The molecule has 6 nitrogen and oxygen atoms in total. The molecule has 4 aromatic rings. The second-order valence-corrected chi connectivity index (χ2v) is 5.83. The van der Waals surface area contributed by atoms with Crippen LogP contribution in [0.4, 0.5) is 10.3 Å². The molecule has 134 valence electrons. The number of hydrogen-bond donors (Lipinski definition) is 1. The lowest BCUT2D eigenvalue weighted by atomic mass is 10.1. The summed E-state index contributed by atoms with van der Waals surface area (Å²) in [6.45, 7) is 0.575. The van der Waals surface area contributed by atoms with Gasteiger partial charge in [-0.05, 0) is 36.2 Å². The van der Waals surface area contributed by atoms with Crippen LogP contribution in [0.5, 0.6) is 0 Å². The lowest BCUT2D eigenvalue weighted by Gasteiger charge is -2.09. The molecule has 0 amide bonds. The average molecular weight is 361 g/mol. The summed E-state index contributed by atoms with van der Waals surface area (Å²) in [5, 5.41) is 3.17. The number of aromatic nitrogens is 4. The smallest absolute Gasteiger partial charge is 0.223 e. The minimum atomic E-state index is -0.239. The first-order chi connectivity index (χ1) is 13.3. The van der Waals surface area contributed by atoms with Crippen LogP contribution in [0.3, 0.4) is 0 Å². The van der Waals surface area contributed by atoms with E-state index in [1.807, 2.05) is 12.1 Å². The molecule has 0 fully saturated rings. The molecule has 0 aliphatic rings. The molecule has 0 atom stereocenters. The third-order valence-electron chi connectivity index (χ3n) is 3.97. The number of anilines is 1. The third kappa shape index (κ3) is 3.98. The molecule has 3 aromatic heterocycles.